The van der Waals surface area contributed by atoms with Crippen molar-refractivity contribution < 1.29 is 9.47 Å². The van der Waals surface area contributed by atoms with Gasteiger partial charge in [0, 0.05) is 12.2 Å². The van der Waals surface area contributed by atoms with Crippen LogP contribution < -0.4 is 14.8 Å². The normalized spacial score (nSPS) is 10.2. The Morgan fingerprint density at radius 3 is 2.57 bits per heavy atom. The molecular weight excluding hydrogens is 262 g/mol. The van der Waals surface area contributed by atoms with Gasteiger partial charge in [0.2, 0.25) is 0 Å². The fourth-order valence-electron chi connectivity index (χ4n) is 2.17. The number of aryl methyl sites for hydroxylation is 2. The van der Waals surface area contributed by atoms with E-state index in [2.05, 4.69) is 37.4 Å². The highest BCUT2D eigenvalue weighted by Crippen LogP contribution is 2.28. The van der Waals surface area contributed by atoms with Crippen LogP contribution in [0.1, 0.15) is 18.1 Å². The van der Waals surface area contributed by atoms with Crippen molar-refractivity contribution in [3.05, 3.63) is 53.6 Å². The Bertz CT molecular complexity index is 581. The lowest BCUT2D eigenvalue weighted by Crippen LogP contribution is -2.12. The van der Waals surface area contributed by atoms with Crippen molar-refractivity contribution in [2.24, 2.45) is 0 Å². The van der Waals surface area contributed by atoms with Gasteiger partial charge in [-0.25, -0.2) is 0 Å². The quantitative estimate of drug-likeness (QED) is 0.778. The summed E-state index contributed by atoms with van der Waals surface area (Å²) in [4.78, 5) is 0. The summed E-state index contributed by atoms with van der Waals surface area (Å²) in [6, 6.07) is 14.3. The third-order valence-electron chi connectivity index (χ3n) is 3.46. The van der Waals surface area contributed by atoms with E-state index >= 15 is 0 Å². The minimum absolute atomic E-state index is 0.593. The number of nitrogens with one attached hydrogen (secondary N) is 1. The molecule has 3 nitrogen and oxygen atoms in total. The third kappa shape index (κ3) is 4.15. The van der Waals surface area contributed by atoms with E-state index in [0.717, 1.165) is 30.2 Å². The molecule has 0 aromatic heterocycles. The first kappa shape index (κ1) is 15.2. The molecule has 0 saturated heterocycles. The van der Waals surface area contributed by atoms with Gasteiger partial charge < -0.3 is 14.8 Å². The Labute approximate surface area is 126 Å². The average molecular weight is 285 g/mol. The summed E-state index contributed by atoms with van der Waals surface area (Å²) in [7, 11) is 1.67. The SMILES string of the molecule is CCc1ccc(OCCNc2ccccc2C)c(OC)c1. The minimum atomic E-state index is 0.593. The molecule has 2 aromatic carbocycles. The zero-order valence-electron chi connectivity index (χ0n) is 13.0. The maximum atomic E-state index is 5.80. The second-order valence-corrected chi connectivity index (χ2v) is 4.93. The highest BCUT2D eigenvalue weighted by Gasteiger charge is 2.05. The lowest BCUT2D eigenvalue weighted by molar-refractivity contribution is 0.305. The molecule has 0 unspecified atom stereocenters. The van der Waals surface area contributed by atoms with Crippen molar-refractivity contribution in [2.45, 2.75) is 20.3 Å². The fraction of sp³-hybridized carbons (Fsp3) is 0.333. The van der Waals surface area contributed by atoms with E-state index in [1.807, 2.05) is 24.3 Å². The molecule has 0 aliphatic carbocycles. The lowest BCUT2D eigenvalue weighted by atomic mass is 10.1. The van der Waals surface area contributed by atoms with Crippen LogP contribution in [0.15, 0.2) is 42.5 Å². The summed E-state index contributed by atoms with van der Waals surface area (Å²) in [5.74, 6) is 1.59. The van der Waals surface area contributed by atoms with Crippen molar-refractivity contribution in [3.63, 3.8) is 0 Å². The molecule has 2 rings (SSSR count). The monoisotopic (exact) mass is 285 g/mol. The van der Waals surface area contributed by atoms with Crippen molar-refractivity contribution in [1.29, 1.82) is 0 Å². The van der Waals surface area contributed by atoms with Crippen LogP contribution in [0, 0.1) is 6.92 Å². The van der Waals surface area contributed by atoms with Crippen molar-refractivity contribution >= 4 is 5.69 Å². The largest absolute Gasteiger partial charge is 0.493 e. The van der Waals surface area contributed by atoms with Gasteiger partial charge in [0.25, 0.3) is 0 Å². The summed E-state index contributed by atoms with van der Waals surface area (Å²) >= 11 is 0. The maximum absolute atomic E-state index is 5.80. The maximum Gasteiger partial charge on any atom is 0.161 e. The van der Waals surface area contributed by atoms with Gasteiger partial charge in [-0.05, 0) is 42.7 Å². The van der Waals surface area contributed by atoms with E-state index in [1.54, 1.807) is 7.11 Å². The lowest BCUT2D eigenvalue weighted by Gasteiger charge is -2.13. The van der Waals surface area contributed by atoms with Crippen LogP contribution >= 0.6 is 0 Å². The van der Waals surface area contributed by atoms with Gasteiger partial charge >= 0.3 is 0 Å². The molecule has 21 heavy (non-hydrogen) atoms. The van der Waals surface area contributed by atoms with Crippen LogP contribution in [-0.4, -0.2) is 20.3 Å². The van der Waals surface area contributed by atoms with Gasteiger partial charge in [0.05, 0.1) is 7.11 Å². The van der Waals surface area contributed by atoms with E-state index < -0.39 is 0 Å². The number of rotatable bonds is 7. The Kier molecular flexibility index (Phi) is 5.50. The van der Waals surface area contributed by atoms with Crippen LogP contribution in [0.3, 0.4) is 0 Å². The first-order valence-corrected chi connectivity index (χ1v) is 7.33. The van der Waals surface area contributed by atoms with Crippen molar-refractivity contribution in [2.75, 3.05) is 25.6 Å². The molecule has 0 aliphatic heterocycles. The molecule has 112 valence electrons. The Morgan fingerprint density at radius 1 is 1.05 bits per heavy atom. The van der Waals surface area contributed by atoms with Gasteiger partial charge in [-0.15, -0.1) is 0 Å². The van der Waals surface area contributed by atoms with Gasteiger partial charge in [-0.1, -0.05) is 31.2 Å². The molecule has 0 aliphatic rings. The first-order chi connectivity index (χ1) is 10.2. The first-order valence-electron chi connectivity index (χ1n) is 7.33. The Morgan fingerprint density at radius 2 is 1.86 bits per heavy atom. The van der Waals surface area contributed by atoms with Gasteiger partial charge in [0.1, 0.15) is 6.61 Å². The Balaban J connectivity index is 1.87. The Hall–Kier alpha value is -2.16. The standard InChI is InChI=1S/C18H23NO2/c1-4-15-9-10-17(18(13-15)20-3)21-12-11-19-16-8-6-5-7-14(16)2/h5-10,13,19H,4,11-12H2,1-3H3. The second kappa shape index (κ2) is 7.58. The number of ether oxygens (including phenoxy) is 2. The summed E-state index contributed by atoms with van der Waals surface area (Å²) in [5, 5.41) is 3.38. The smallest absolute Gasteiger partial charge is 0.161 e. The molecule has 2 aromatic rings. The summed E-state index contributed by atoms with van der Waals surface area (Å²) in [6.45, 7) is 5.57. The molecule has 0 spiro atoms. The third-order valence-corrected chi connectivity index (χ3v) is 3.46. The number of hydrogen-bond donors (Lipinski definition) is 1. The van der Waals surface area contributed by atoms with E-state index in [9.17, 15) is 0 Å². The molecule has 0 heterocycles. The predicted octanol–water partition coefficient (Wildman–Crippen LogP) is 4.06. The predicted molar refractivity (Wildman–Crippen MR) is 87.5 cm³/mol. The molecule has 0 atom stereocenters. The molecule has 3 heteroatoms. The summed E-state index contributed by atoms with van der Waals surface area (Å²) < 4.78 is 11.2. The zero-order chi connectivity index (χ0) is 15.1. The van der Waals surface area contributed by atoms with Gasteiger partial charge in [-0.2, -0.15) is 0 Å². The number of methoxy groups -OCH3 is 1. The number of para-hydroxylation sites is 1. The second-order valence-electron chi connectivity index (χ2n) is 4.93. The van der Waals surface area contributed by atoms with Crippen molar-refractivity contribution in [1.82, 2.24) is 0 Å². The molecule has 1 N–H and O–H groups in total. The topological polar surface area (TPSA) is 30.5 Å². The molecular formula is C18H23NO2. The van der Waals surface area contributed by atoms with Crippen LogP contribution in [0.2, 0.25) is 0 Å². The number of hydrogen-bond acceptors (Lipinski definition) is 3. The summed E-state index contributed by atoms with van der Waals surface area (Å²) in [5.41, 5.74) is 3.63. The number of benzene rings is 2. The van der Waals surface area contributed by atoms with E-state index in [1.165, 1.54) is 11.1 Å². The molecule has 0 radical (unpaired) electrons. The molecule has 0 bridgehead atoms. The zero-order valence-corrected chi connectivity index (χ0v) is 13.0. The molecule has 0 amide bonds. The minimum Gasteiger partial charge on any atom is -0.493 e. The molecule has 0 fully saturated rings. The van der Waals surface area contributed by atoms with Gasteiger partial charge in [0.15, 0.2) is 11.5 Å². The van der Waals surface area contributed by atoms with Crippen molar-refractivity contribution in [3.8, 4) is 11.5 Å². The van der Waals surface area contributed by atoms with Crippen LogP contribution in [0.4, 0.5) is 5.69 Å². The van der Waals surface area contributed by atoms with E-state index in [-0.39, 0.29) is 0 Å². The average Bonchev–Trinajstić information content (AvgIpc) is 2.53. The highest BCUT2D eigenvalue weighted by molar-refractivity contribution is 5.50. The highest BCUT2D eigenvalue weighted by atomic mass is 16.5. The number of anilines is 1. The summed E-state index contributed by atoms with van der Waals surface area (Å²) in [6.07, 6.45) is 0.992. The fourth-order valence-corrected chi connectivity index (χ4v) is 2.17. The van der Waals surface area contributed by atoms with Crippen LogP contribution in [0.5, 0.6) is 11.5 Å². The molecule has 0 saturated carbocycles. The van der Waals surface area contributed by atoms with Gasteiger partial charge in [-0.3, -0.25) is 0 Å². The van der Waals surface area contributed by atoms with E-state index in [0.29, 0.717) is 6.61 Å². The van der Waals surface area contributed by atoms with Crippen LogP contribution in [-0.2, 0) is 6.42 Å². The van der Waals surface area contributed by atoms with E-state index in [4.69, 9.17) is 9.47 Å². The van der Waals surface area contributed by atoms with Crippen LogP contribution in [0.25, 0.3) is 0 Å².